The van der Waals surface area contributed by atoms with E-state index in [4.69, 9.17) is 4.74 Å². The monoisotopic (exact) mass is 355 g/mol. The first-order chi connectivity index (χ1) is 12.5. The molecule has 0 atom stereocenters. The zero-order valence-electron chi connectivity index (χ0n) is 15.7. The number of anilines is 1. The van der Waals surface area contributed by atoms with Gasteiger partial charge in [0.15, 0.2) is 0 Å². The van der Waals surface area contributed by atoms with Crippen LogP contribution in [0.25, 0.3) is 0 Å². The van der Waals surface area contributed by atoms with E-state index in [2.05, 4.69) is 17.2 Å². The number of hydrogen-bond acceptors (Lipinski definition) is 4. The highest BCUT2D eigenvalue weighted by Gasteiger charge is 2.16. The van der Waals surface area contributed by atoms with Crippen LogP contribution in [0.1, 0.15) is 46.0 Å². The molecule has 0 spiro atoms. The number of pyridine rings is 1. The number of amides is 2. The van der Waals surface area contributed by atoms with Gasteiger partial charge >= 0.3 is 0 Å². The highest BCUT2D eigenvalue weighted by Crippen LogP contribution is 2.25. The van der Waals surface area contributed by atoms with Gasteiger partial charge in [0.05, 0.1) is 23.9 Å². The molecule has 0 radical (unpaired) electrons. The SMILES string of the molecule is CCCCN(C)C(=O)c1cncc(C(=O)Nc2cc(C)ccc2OC)c1. The maximum atomic E-state index is 12.6. The number of aromatic nitrogens is 1. The number of methoxy groups -OCH3 is 1. The third kappa shape index (κ3) is 4.81. The number of ether oxygens (including phenoxy) is 1. The van der Waals surface area contributed by atoms with Crippen LogP contribution >= 0.6 is 0 Å². The number of carbonyl (C=O) groups is 2. The van der Waals surface area contributed by atoms with Gasteiger partial charge in [-0.15, -0.1) is 0 Å². The molecule has 0 aliphatic heterocycles. The molecule has 1 aromatic heterocycles. The van der Waals surface area contributed by atoms with Gasteiger partial charge in [0.2, 0.25) is 0 Å². The highest BCUT2D eigenvalue weighted by molar-refractivity contribution is 6.06. The van der Waals surface area contributed by atoms with Crippen LogP contribution < -0.4 is 10.1 Å². The molecule has 1 heterocycles. The Morgan fingerprint density at radius 2 is 1.92 bits per heavy atom. The standard InChI is InChI=1S/C20H25N3O3/c1-5-6-9-23(3)20(25)16-11-15(12-21-13-16)19(24)22-17-10-14(2)7-8-18(17)26-4/h7-8,10-13H,5-6,9H2,1-4H3,(H,22,24). The molecule has 0 saturated carbocycles. The van der Waals surface area contributed by atoms with Crippen molar-refractivity contribution in [2.75, 3.05) is 26.0 Å². The van der Waals surface area contributed by atoms with E-state index in [1.165, 1.54) is 12.4 Å². The molecule has 138 valence electrons. The molecule has 0 aliphatic rings. The summed E-state index contributed by atoms with van der Waals surface area (Å²) < 4.78 is 5.28. The summed E-state index contributed by atoms with van der Waals surface area (Å²) in [5.41, 5.74) is 2.30. The molecule has 2 amide bonds. The van der Waals surface area contributed by atoms with Crippen LogP contribution in [0, 0.1) is 6.92 Å². The number of nitrogens with zero attached hydrogens (tertiary/aromatic N) is 2. The molecule has 6 heteroatoms. The molecule has 2 aromatic rings. The molecule has 6 nitrogen and oxygen atoms in total. The Hall–Kier alpha value is -2.89. The number of carbonyl (C=O) groups excluding carboxylic acids is 2. The maximum absolute atomic E-state index is 12.6. The van der Waals surface area contributed by atoms with Crippen LogP contribution in [0.4, 0.5) is 5.69 Å². The fourth-order valence-electron chi connectivity index (χ4n) is 2.51. The fourth-order valence-corrected chi connectivity index (χ4v) is 2.51. The molecule has 0 fully saturated rings. The minimum Gasteiger partial charge on any atom is -0.495 e. The van der Waals surface area contributed by atoms with E-state index < -0.39 is 0 Å². The van der Waals surface area contributed by atoms with Crippen molar-refractivity contribution in [2.45, 2.75) is 26.7 Å². The second kappa shape index (κ2) is 8.99. The van der Waals surface area contributed by atoms with Crippen molar-refractivity contribution in [2.24, 2.45) is 0 Å². The third-order valence-corrected chi connectivity index (χ3v) is 4.04. The molecular weight excluding hydrogens is 330 g/mol. The van der Waals surface area contributed by atoms with E-state index in [1.807, 2.05) is 19.1 Å². The van der Waals surface area contributed by atoms with Gasteiger partial charge in [-0.2, -0.15) is 0 Å². The normalized spacial score (nSPS) is 10.3. The minimum atomic E-state index is -0.340. The first-order valence-electron chi connectivity index (χ1n) is 8.62. The van der Waals surface area contributed by atoms with Crippen molar-refractivity contribution < 1.29 is 14.3 Å². The van der Waals surface area contributed by atoms with Gasteiger partial charge in [-0.3, -0.25) is 14.6 Å². The van der Waals surface area contributed by atoms with E-state index in [0.29, 0.717) is 29.1 Å². The molecular formula is C20H25N3O3. The smallest absolute Gasteiger partial charge is 0.257 e. The van der Waals surface area contributed by atoms with Crippen LogP contribution in [-0.2, 0) is 0 Å². The first kappa shape index (κ1) is 19.4. The fraction of sp³-hybridized carbons (Fsp3) is 0.350. The summed E-state index contributed by atoms with van der Waals surface area (Å²) in [4.78, 5) is 30.7. The van der Waals surface area contributed by atoms with E-state index >= 15 is 0 Å². The van der Waals surface area contributed by atoms with Crippen LogP contribution in [0.5, 0.6) is 5.75 Å². The lowest BCUT2D eigenvalue weighted by atomic mass is 10.1. The number of rotatable bonds is 7. The molecule has 0 aliphatic carbocycles. The summed E-state index contributed by atoms with van der Waals surface area (Å²) in [5.74, 6) is 0.0874. The Labute approximate surface area is 154 Å². The molecule has 1 N–H and O–H groups in total. The van der Waals surface area contributed by atoms with Gasteiger partial charge in [0.25, 0.3) is 11.8 Å². The number of nitrogens with one attached hydrogen (secondary N) is 1. The Morgan fingerprint density at radius 3 is 2.62 bits per heavy atom. The molecule has 0 saturated heterocycles. The second-order valence-electron chi connectivity index (χ2n) is 6.20. The lowest BCUT2D eigenvalue weighted by Gasteiger charge is -2.17. The van der Waals surface area contributed by atoms with Crippen LogP contribution in [0.15, 0.2) is 36.7 Å². The summed E-state index contributed by atoms with van der Waals surface area (Å²) in [6.07, 6.45) is 4.87. The summed E-state index contributed by atoms with van der Waals surface area (Å²) in [6, 6.07) is 7.10. The Balaban J connectivity index is 2.18. The average molecular weight is 355 g/mol. The molecule has 26 heavy (non-hydrogen) atoms. The van der Waals surface area contributed by atoms with Gasteiger partial charge in [0.1, 0.15) is 5.75 Å². The molecule has 0 unspecified atom stereocenters. The van der Waals surface area contributed by atoms with Crippen LogP contribution in [0.3, 0.4) is 0 Å². The first-order valence-corrected chi connectivity index (χ1v) is 8.62. The minimum absolute atomic E-state index is 0.145. The summed E-state index contributed by atoms with van der Waals surface area (Å²) in [6.45, 7) is 4.68. The summed E-state index contributed by atoms with van der Waals surface area (Å²) in [5, 5.41) is 2.82. The van der Waals surface area contributed by atoms with Crippen molar-refractivity contribution in [1.29, 1.82) is 0 Å². The molecule has 0 bridgehead atoms. The van der Waals surface area contributed by atoms with E-state index in [-0.39, 0.29) is 11.8 Å². The van der Waals surface area contributed by atoms with E-state index in [9.17, 15) is 9.59 Å². The Kier molecular flexibility index (Phi) is 6.72. The third-order valence-electron chi connectivity index (χ3n) is 4.04. The van der Waals surface area contributed by atoms with Crippen molar-refractivity contribution in [3.05, 3.63) is 53.3 Å². The Bertz CT molecular complexity index is 790. The predicted octanol–water partition coefficient (Wildman–Crippen LogP) is 3.52. The quantitative estimate of drug-likeness (QED) is 0.825. The average Bonchev–Trinajstić information content (AvgIpc) is 2.65. The lowest BCUT2D eigenvalue weighted by molar-refractivity contribution is 0.0793. The van der Waals surface area contributed by atoms with Gasteiger partial charge in [-0.05, 0) is 37.1 Å². The summed E-state index contributed by atoms with van der Waals surface area (Å²) in [7, 11) is 3.30. The van der Waals surface area contributed by atoms with E-state index in [1.54, 1.807) is 31.2 Å². The number of aryl methyl sites for hydroxylation is 1. The maximum Gasteiger partial charge on any atom is 0.257 e. The van der Waals surface area contributed by atoms with Crippen molar-refractivity contribution >= 4 is 17.5 Å². The largest absolute Gasteiger partial charge is 0.495 e. The van der Waals surface area contributed by atoms with Crippen molar-refractivity contribution in [3.8, 4) is 5.75 Å². The van der Waals surface area contributed by atoms with Gasteiger partial charge in [0, 0.05) is 26.0 Å². The molecule has 1 aromatic carbocycles. The number of benzene rings is 1. The van der Waals surface area contributed by atoms with Gasteiger partial charge in [-0.25, -0.2) is 0 Å². The van der Waals surface area contributed by atoms with Gasteiger partial charge in [-0.1, -0.05) is 19.4 Å². The van der Waals surface area contributed by atoms with E-state index in [0.717, 1.165) is 18.4 Å². The Morgan fingerprint density at radius 1 is 1.19 bits per heavy atom. The highest BCUT2D eigenvalue weighted by atomic mass is 16.5. The number of hydrogen-bond donors (Lipinski definition) is 1. The number of unbranched alkanes of at least 4 members (excludes halogenated alkanes) is 1. The van der Waals surface area contributed by atoms with Crippen LogP contribution in [-0.4, -0.2) is 42.4 Å². The molecule has 2 rings (SSSR count). The van der Waals surface area contributed by atoms with Crippen LogP contribution in [0.2, 0.25) is 0 Å². The topological polar surface area (TPSA) is 71.5 Å². The predicted molar refractivity (Wildman–Crippen MR) is 102 cm³/mol. The second-order valence-corrected chi connectivity index (χ2v) is 6.20. The lowest BCUT2D eigenvalue weighted by Crippen LogP contribution is -2.28. The summed E-state index contributed by atoms with van der Waals surface area (Å²) >= 11 is 0. The van der Waals surface area contributed by atoms with Crippen molar-refractivity contribution in [1.82, 2.24) is 9.88 Å². The van der Waals surface area contributed by atoms with Gasteiger partial charge < -0.3 is 15.0 Å². The zero-order valence-corrected chi connectivity index (χ0v) is 15.7. The van der Waals surface area contributed by atoms with Crippen molar-refractivity contribution in [3.63, 3.8) is 0 Å². The zero-order chi connectivity index (χ0) is 19.1.